The van der Waals surface area contributed by atoms with Crippen molar-refractivity contribution in [2.45, 2.75) is 19.6 Å². The van der Waals surface area contributed by atoms with Crippen LogP contribution in [0.15, 0.2) is 63.9 Å². The fourth-order valence-corrected chi connectivity index (χ4v) is 3.03. The molecule has 30 heavy (non-hydrogen) atoms. The first-order chi connectivity index (χ1) is 14.5. The van der Waals surface area contributed by atoms with Gasteiger partial charge in [-0.2, -0.15) is 0 Å². The second-order valence-electron chi connectivity index (χ2n) is 6.81. The number of rotatable bonds is 7. The molecule has 0 saturated heterocycles. The van der Waals surface area contributed by atoms with Gasteiger partial charge in [0.2, 0.25) is 5.89 Å². The van der Waals surface area contributed by atoms with Crippen LogP contribution in [-0.4, -0.2) is 35.1 Å². The number of aromatic nitrogens is 2. The third-order valence-corrected chi connectivity index (χ3v) is 4.94. The van der Waals surface area contributed by atoms with Gasteiger partial charge in [0.15, 0.2) is 12.3 Å². The Hall–Kier alpha value is -3.81. The van der Waals surface area contributed by atoms with E-state index in [-0.39, 0.29) is 24.2 Å². The number of hydrogen-bond donors (Lipinski definition) is 0. The highest BCUT2D eigenvalue weighted by atomic mass is 16.5. The number of carbonyl (C=O) groups excluding carboxylic acids is 1. The molecule has 0 fully saturated rings. The molecule has 1 amide bonds. The number of ether oxygens (including phenoxy) is 2. The molecule has 4 aromatic rings. The van der Waals surface area contributed by atoms with Crippen molar-refractivity contribution in [1.82, 2.24) is 15.0 Å². The maximum atomic E-state index is 12.7. The molecule has 8 heteroatoms. The lowest BCUT2D eigenvalue weighted by Gasteiger charge is -2.21. The zero-order chi connectivity index (χ0) is 21.1. The Bertz CT molecular complexity index is 1150. The van der Waals surface area contributed by atoms with Crippen LogP contribution in [-0.2, 0) is 6.61 Å². The van der Waals surface area contributed by atoms with Crippen molar-refractivity contribution in [2.75, 3.05) is 14.2 Å². The largest absolute Gasteiger partial charge is 0.497 e. The van der Waals surface area contributed by atoms with Crippen molar-refractivity contribution in [3.05, 3.63) is 72.3 Å². The minimum absolute atomic E-state index is 0.102. The van der Waals surface area contributed by atoms with Crippen LogP contribution in [0.2, 0.25) is 0 Å². The van der Waals surface area contributed by atoms with Crippen molar-refractivity contribution in [2.24, 2.45) is 0 Å². The van der Waals surface area contributed by atoms with E-state index in [4.69, 9.17) is 18.4 Å². The number of fused-ring (bicyclic) bond motifs is 1. The van der Waals surface area contributed by atoms with Gasteiger partial charge in [-0.15, -0.1) is 0 Å². The molecule has 0 aliphatic carbocycles. The van der Waals surface area contributed by atoms with Gasteiger partial charge in [-0.3, -0.25) is 4.79 Å². The van der Waals surface area contributed by atoms with Crippen LogP contribution in [0, 0.1) is 0 Å². The Balaban J connectivity index is 1.42. The minimum atomic E-state index is -0.279. The number of amides is 1. The van der Waals surface area contributed by atoms with Gasteiger partial charge >= 0.3 is 0 Å². The molecule has 0 unspecified atom stereocenters. The molecule has 8 nitrogen and oxygen atoms in total. The summed E-state index contributed by atoms with van der Waals surface area (Å²) in [5.41, 5.74) is 0.862. The number of oxazole rings is 1. The Kier molecular flexibility index (Phi) is 5.38. The van der Waals surface area contributed by atoms with Crippen molar-refractivity contribution in [3.8, 4) is 11.5 Å². The summed E-state index contributed by atoms with van der Waals surface area (Å²) in [4.78, 5) is 18.4. The Morgan fingerprint density at radius 2 is 1.90 bits per heavy atom. The van der Waals surface area contributed by atoms with E-state index in [1.54, 1.807) is 20.2 Å². The van der Waals surface area contributed by atoms with Gasteiger partial charge in [0.1, 0.15) is 29.7 Å². The first-order valence-electron chi connectivity index (χ1n) is 9.37. The summed E-state index contributed by atoms with van der Waals surface area (Å²) >= 11 is 0. The van der Waals surface area contributed by atoms with Crippen LogP contribution in [0.25, 0.3) is 10.8 Å². The van der Waals surface area contributed by atoms with E-state index in [0.29, 0.717) is 17.3 Å². The molecule has 2 heterocycles. The summed E-state index contributed by atoms with van der Waals surface area (Å²) in [7, 11) is 3.31. The monoisotopic (exact) mass is 407 g/mol. The second-order valence-corrected chi connectivity index (χ2v) is 6.81. The van der Waals surface area contributed by atoms with Crippen molar-refractivity contribution >= 4 is 16.7 Å². The molecule has 1 atom stereocenters. The highest BCUT2D eigenvalue weighted by Gasteiger charge is 2.23. The maximum Gasteiger partial charge on any atom is 0.276 e. The first kappa shape index (κ1) is 19.5. The first-order valence-corrected chi connectivity index (χ1v) is 9.37. The number of methoxy groups -OCH3 is 1. The van der Waals surface area contributed by atoms with Gasteiger partial charge in [0, 0.05) is 13.1 Å². The summed E-state index contributed by atoms with van der Waals surface area (Å²) in [6, 6.07) is 13.1. The normalized spacial score (nSPS) is 12.0. The lowest BCUT2D eigenvalue weighted by atomic mass is 10.1. The van der Waals surface area contributed by atoms with E-state index in [9.17, 15) is 4.79 Å². The fraction of sp³-hybridized carbons (Fsp3) is 0.227. The standard InChI is InChI=1S/C22H21N3O5/c1-14(19-8-9-30-24-19)25(2)22(26)20-12-29-21(23-20)13-28-18-7-5-15-4-6-17(27-3)10-16(15)11-18/h4-12,14H,13H2,1-3H3/t14-/m0/s1. The number of benzene rings is 2. The minimum Gasteiger partial charge on any atom is -0.497 e. The molecule has 4 rings (SSSR count). The van der Waals surface area contributed by atoms with Crippen molar-refractivity contribution in [1.29, 1.82) is 0 Å². The van der Waals surface area contributed by atoms with Crippen LogP contribution in [0.5, 0.6) is 11.5 Å². The van der Waals surface area contributed by atoms with Gasteiger partial charge in [0.05, 0.1) is 13.2 Å². The van der Waals surface area contributed by atoms with E-state index in [1.807, 2.05) is 43.3 Å². The lowest BCUT2D eigenvalue weighted by molar-refractivity contribution is 0.0731. The zero-order valence-corrected chi connectivity index (χ0v) is 16.9. The summed E-state index contributed by atoms with van der Waals surface area (Å²) in [5.74, 6) is 1.47. The average Bonchev–Trinajstić information content (AvgIpc) is 3.48. The molecule has 154 valence electrons. The Labute approximate surface area is 173 Å². The lowest BCUT2D eigenvalue weighted by Crippen LogP contribution is -2.30. The van der Waals surface area contributed by atoms with Crippen molar-refractivity contribution in [3.63, 3.8) is 0 Å². The van der Waals surface area contributed by atoms with Crippen molar-refractivity contribution < 1.29 is 23.2 Å². The van der Waals surface area contributed by atoms with Crippen LogP contribution >= 0.6 is 0 Å². The van der Waals surface area contributed by atoms with E-state index < -0.39 is 0 Å². The van der Waals surface area contributed by atoms with Crippen LogP contribution in [0.1, 0.15) is 35.0 Å². The van der Waals surface area contributed by atoms with Crippen LogP contribution in [0.3, 0.4) is 0 Å². The molecule has 0 saturated carbocycles. The third-order valence-electron chi connectivity index (χ3n) is 4.94. The SMILES string of the molecule is COc1ccc2ccc(OCc3nc(C(=O)N(C)[C@@H](C)c4ccon4)co3)cc2c1. The molecule has 2 aromatic heterocycles. The summed E-state index contributed by atoms with van der Waals surface area (Å²) < 4.78 is 21.3. The molecule has 0 radical (unpaired) electrons. The molecule has 0 N–H and O–H groups in total. The topological polar surface area (TPSA) is 90.8 Å². The van der Waals surface area contributed by atoms with Gasteiger partial charge in [-0.05, 0) is 42.0 Å². The molecule has 0 aliphatic heterocycles. The van der Waals surface area contributed by atoms with Gasteiger partial charge in [-0.25, -0.2) is 4.98 Å². The number of nitrogens with zero attached hydrogens (tertiary/aromatic N) is 3. The molecule has 2 aromatic carbocycles. The molecular weight excluding hydrogens is 386 g/mol. The molecule has 0 aliphatic rings. The summed E-state index contributed by atoms with van der Waals surface area (Å²) in [6.07, 6.45) is 2.80. The summed E-state index contributed by atoms with van der Waals surface area (Å²) in [6.45, 7) is 1.96. The Morgan fingerprint density at radius 1 is 1.13 bits per heavy atom. The number of hydrogen-bond acceptors (Lipinski definition) is 7. The van der Waals surface area contributed by atoms with Gasteiger partial charge in [-0.1, -0.05) is 17.3 Å². The molecular formula is C22H21N3O5. The molecule has 0 spiro atoms. The highest BCUT2D eigenvalue weighted by molar-refractivity contribution is 5.92. The van der Waals surface area contributed by atoms with E-state index in [0.717, 1.165) is 16.5 Å². The fourth-order valence-electron chi connectivity index (χ4n) is 3.03. The predicted octanol–water partition coefficient (Wildman–Crippen LogP) is 4.24. The van der Waals surface area contributed by atoms with Crippen LogP contribution < -0.4 is 9.47 Å². The van der Waals surface area contributed by atoms with Gasteiger partial charge < -0.3 is 23.3 Å². The van der Waals surface area contributed by atoms with E-state index in [2.05, 4.69) is 10.1 Å². The molecule has 0 bridgehead atoms. The smallest absolute Gasteiger partial charge is 0.276 e. The Morgan fingerprint density at radius 3 is 2.63 bits per heavy atom. The summed E-state index contributed by atoms with van der Waals surface area (Å²) in [5, 5.41) is 5.95. The van der Waals surface area contributed by atoms with E-state index in [1.165, 1.54) is 17.4 Å². The predicted molar refractivity (Wildman–Crippen MR) is 108 cm³/mol. The van der Waals surface area contributed by atoms with Crippen LogP contribution in [0.4, 0.5) is 0 Å². The maximum absolute atomic E-state index is 12.7. The highest BCUT2D eigenvalue weighted by Crippen LogP contribution is 2.25. The zero-order valence-electron chi connectivity index (χ0n) is 16.9. The quantitative estimate of drug-likeness (QED) is 0.453. The second kappa shape index (κ2) is 8.28. The van der Waals surface area contributed by atoms with E-state index >= 15 is 0 Å². The number of carbonyl (C=O) groups is 1. The van der Waals surface area contributed by atoms with Gasteiger partial charge in [0.25, 0.3) is 5.91 Å². The third kappa shape index (κ3) is 3.98. The average molecular weight is 407 g/mol.